The van der Waals surface area contributed by atoms with E-state index in [0.29, 0.717) is 0 Å². The third-order valence-electron chi connectivity index (χ3n) is 1.31. The number of hydrogen-bond donors (Lipinski definition) is 0. The van der Waals surface area contributed by atoms with E-state index in [1.54, 1.807) is 6.08 Å². The summed E-state index contributed by atoms with van der Waals surface area (Å²) in [4.78, 5) is 0. The van der Waals surface area contributed by atoms with Gasteiger partial charge in [0.2, 0.25) is 0 Å². The van der Waals surface area contributed by atoms with E-state index in [9.17, 15) is 0 Å². The van der Waals surface area contributed by atoms with Crippen molar-refractivity contribution in [2.45, 2.75) is 0 Å². The molecule has 68 valence electrons. The minimum Gasteiger partial charge on any atom is -0.0991 e. The summed E-state index contributed by atoms with van der Waals surface area (Å²) in [6.07, 6.45) is 9.06. The molecule has 0 saturated heterocycles. The molecular weight excluding hydrogens is 224 g/mol. The number of hydrogen-bond acceptors (Lipinski definition) is 0. The maximum atomic E-state index is 3.85. The summed E-state index contributed by atoms with van der Waals surface area (Å²) < 4.78 is 0.814. The van der Waals surface area contributed by atoms with Crippen molar-refractivity contribution in [2.24, 2.45) is 0 Å². The maximum Gasteiger partial charge on any atom is 0.0103 e. The van der Waals surface area contributed by atoms with Crippen molar-refractivity contribution in [1.29, 1.82) is 0 Å². The van der Waals surface area contributed by atoms with Gasteiger partial charge in [-0.05, 0) is 17.2 Å². The van der Waals surface area contributed by atoms with Crippen LogP contribution in [0.3, 0.4) is 0 Å². The third-order valence-corrected chi connectivity index (χ3v) is 1.58. The predicted molar refractivity (Wildman–Crippen MR) is 64.8 cm³/mol. The Bertz CT molecular complexity index is 290. The summed E-state index contributed by atoms with van der Waals surface area (Å²) >= 11 is 3.22. The summed E-state index contributed by atoms with van der Waals surface area (Å²) in [5, 5.41) is 0. The monoisotopic (exact) mass is 236 g/mol. The fourth-order valence-electron chi connectivity index (χ4n) is 0.589. The second-order valence-electron chi connectivity index (χ2n) is 2.43. The quantitative estimate of drug-likeness (QED) is 0.625. The zero-order chi connectivity index (χ0) is 10.3. The zero-order valence-electron chi connectivity index (χ0n) is 7.59. The molecule has 0 N–H and O–H groups in total. The zero-order valence-corrected chi connectivity index (χ0v) is 9.18. The minimum atomic E-state index is 0.814. The third kappa shape index (κ3) is 6.12. The first-order valence-electron chi connectivity index (χ1n) is 3.77. The highest BCUT2D eigenvalue weighted by molar-refractivity contribution is 9.11. The molecule has 13 heavy (non-hydrogen) atoms. The summed E-state index contributed by atoms with van der Waals surface area (Å²) in [7, 11) is 0. The van der Waals surface area contributed by atoms with Crippen molar-refractivity contribution in [2.75, 3.05) is 0 Å². The first-order chi connectivity index (χ1) is 6.07. The molecule has 0 aliphatic heterocycles. The molecule has 1 heteroatoms. The van der Waals surface area contributed by atoms with Gasteiger partial charge in [-0.2, -0.15) is 0 Å². The van der Waals surface area contributed by atoms with Gasteiger partial charge in [-0.15, -0.1) is 0 Å². The summed E-state index contributed by atoms with van der Waals surface area (Å²) in [5.41, 5.74) is 1.73. The predicted octanol–water partition coefficient (Wildman–Crippen LogP) is 4.31. The van der Waals surface area contributed by atoms with E-state index in [0.717, 1.165) is 15.6 Å². The fourth-order valence-corrected chi connectivity index (χ4v) is 0.721. The van der Waals surface area contributed by atoms with E-state index in [1.807, 2.05) is 24.3 Å². The maximum absolute atomic E-state index is 3.85. The number of halogens is 1. The first kappa shape index (κ1) is 11.9. The molecule has 0 unspecified atom stereocenters. The van der Waals surface area contributed by atoms with Crippen LogP contribution in [-0.4, -0.2) is 0 Å². The van der Waals surface area contributed by atoms with Crippen molar-refractivity contribution in [3.8, 4) is 0 Å². The van der Waals surface area contributed by atoms with Gasteiger partial charge in [0.1, 0.15) is 0 Å². The van der Waals surface area contributed by atoms with E-state index in [2.05, 4.69) is 42.2 Å². The molecule has 0 aliphatic rings. The van der Waals surface area contributed by atoms with Crippen LogP contribution >= 0.6 is 15.9 Å². The van der Waals surface area contributed by atoms with Crippen LogP contribution in [0.1, 0.15) is 0 Å². The van der Waals surface area contributed by atoms with Gasteiger partial charge >= 0.3 is 0 Å². The Hall–Kier alpha value is -1.08. The normalized spacial score (nSPS) is 10.5. The summed E-state index contributed by atoms with van der Waals surface area (Å²) in [5.74, 6) is 0. The molecule has 0 radical (unpaired) electrons. The largest absolute Gasteiger partial charge is 0.0991 e. The van der Waals surface area contributed by atoms with Crippen molar-refractivity contribution >= 4 is 15.9 Å². The van der Waals surface area contributed by atoms with Crippen molar-refractivity contribution in [3.63, 3.8) is 0 Å². The first-order valence-corrected chi connectivity index (χ1v) is 4.57. The molecule has 0 spiro atoms. The van der Waals surface area contributed by atoms with Gasteiger partial charge in [0.25, 0.3) is 0 Å². The lowest BCUT2D eigenvalue weighted by atomic mass is 10.1. The van der Waals surface area contributed by atoms with E-state index >= 15 is 0 Å². The Morgan fingerprint density at radius 2 is 1.46 bits per heavy atom. The van der Waals surface area contributed by atoms with E-state index in [-0.39, 0.29) is 0 Å². The SMILES string of the molecule is C=C/C=C\C(=C)C(=C)/C=C\C(=C)Br. The van der Waals surface area contributed by atoms with Crippen LogP contribution in [0.15, 0.2) is 72.3 Å². The molecule has 0 nitrogen and oxygen atoms in total. The van der Waals surface area contributed by atoms with Crippen LogP contribution in [0.4, 0.5) is 0 Å². The highest BCUT2D eigenvalue weighted by Gasteiger charge is 1.89. The van der Waals surface area contributed by atoms with Crippen molar-refractivity contribution in [3.05, 3.63) is 72.3 Å². The fraction of sp³-hybridized carbons (Fsp3) is 0. The number of allylic oxidation sites excluding steroid dienone is 8. The van der Waals surface area contributed by atoms with E-state index < -0.39 is 0 Å². The van der Waals surface area contributed by atoms with Crippen molar-refractivity contribution in [1.82, 2.24) is 0 Å². The van der Waals surface area contributed by atoms with Gasteiger partial charge in [-0.25, -0.2) is 0 Å². The molecule has 0 aromatic carbocycles. The van der Waals surface area contributed by atoms with Crippen LogP contribution in [0.5, 0.6) is 0 Å². The van der Waals surface area contributed by atoms with Crippen molar-refractivity contribution < 1.29 is 0 Å². The lowest BCUT2D eigenvalue weighted by molar-refractivity contribution is 1.60. The van der Waals surface area contributed by atoms with Gasteiger partial charge in [-0.3, -0.25) is 0 Å². The standard InChI is InChI=1S/C12H13Br/c1-5-6-7-10(2)11(3)8-9-12(4)13/h5-9H,1-4H2/b7-6-,9-8-. The van der Waals surface area contributed by atoms with Crippen LogP contribution in [0.25, 0.3) is 0 Å². The number of rotatable bonds is 5. The van der Waals surface area contributed by atoms with E-state index in [1.165, 1.54) is 0 Å². The Morgan fingerprint density at radius 1 is 0.923 bits per heavy atom. The smallest absolute Gasteiger partial charge is 0.0103 e. The van der Waals surface area contributed by atoms with Gasteiger partial charge in [-0.1, -0.05) is 66.5 Å². The lowest BCUT2D eigenvalue weighted by Gasteiger charge is -1.97. The van der Waals surface area contributed by atoms with Gasteiger partial charge in [0, 0.05) is 4.48 Å². The summed E-state index contributed by atoms with van der Waals surface area (Å²) in [6, 6.07) is 0. The second kappa shape index (κ2) is 6.44. The Morgan fingerprint density at radius 3 is 1.92 bits per heavy atom. The van der Waals surface area contributed by atoms with Crippen LogP contribution in [-0.2, 0) is 0 Å². The van der Waals surface area contributed by atoms with E-state index in [4.69, 9.17) is 0 Å². The van der Waals surface area contributed by atoms with Crippen LogP contribution < -0.4 is 0 Å². The van der Waals surface area contributed by atoms with Crippen LogP contribution in [0.2, 0.25) is 0 Å². The Kier molecular flexibility index (Phi) is 5.90. The molecule has 0 bridgehead atoms. The molecule has 0 heterocycles. The molecule has 0 fully saturated rings. The molecule has 0 saturated carbocycles. The van der Waals surface area contributed by atoms with Crippen LogP contribution in [0, 0.1) is 0 Å². The highest BCUT2D eigenvalue weighted by atomic mass is 79.9. The molecule has 0 aromatic rings. The molecule has 0 aliphatic carbocycles. The van der Waals surface area contributed by atoms with Gasteiger partial charge < -0.3 is 0 Å². The highest BCUT2D eigenvalue weighted by Crippen LogP contribution is 2.11. The minimum absolute atomic E-state index is 0.814. The molecular formula is C12H13Br. The topological polar surface area (TPSA) is 0 Å². The Labute approximate surface area is 88.5 Å². The second-order valence-corrected chi connectivity index (χ2v) is 3.44. The molecule has 0 aromatic heterocycles. The van der Waals surface area contributed by atoms with Gasteiger partial charge in [0.05, 0.1) is 0 Å². The average molecular weight is 237 g/mol. The summed E-state index contributed by atoms with van der Waals surface area (Å²) in [6.45, 7) is 14.9. The Balaban J connectivity index is 4.28. The molecule has 0 amide bonds. The average Bonchev–Trinajstić information content (AvgIpc) is 2.10. The molecule has 0 rings (SSSR count). The lowest BCUT2D eigenvalue weighted by Crippen LogP contribution is -1.77. The molecule has 0 atom stereocenters. The van der Waals surface area contributed by atoms with Gasteiger partial charge in [0.15, 0.2) is 0 Å².